The molecule has 2 aromatic carbocycles. The van der Waals surface area contributed by atoms with Crippen molar-refractivity contribution in [3.63, 3.8) is 0 Å². The van der Waals surface area contributed by atoms with Gasteiger partial charge in [-0.05, 0) is 58.7 Å². The highest BCUT2D eigenvalue weighted by molar-refractivity contribution is 6.07. The molecule has 0 bridgehead atoms. The van der Waals surface area contributed by atoms with Crippen LogP contribution in [0.5, 0.6) is 0 Å². The second kappa shape index (κ2) is 7.18. The van der Waals surface area contributed by atoms with Crippen molar-refractivity contribution in [2.75, 3.05) is 18.5 Å². The Morgan fingerprint density at radius 2 is 1.77 bits per heavy atom. The van der Waals surface area contributed by atoms with Crippen LogP contribution < -0.4 is 4.90 Å². The Hall–Kier alpha value is -2.77. The van der Waals surface area contributed by atoms with E-state index in [9.17, 15) is 5.26 Å². The molecule has 4 rings (SSSR count). The number of hydrogen-bond donors (Lipinski definition) is 0. The molecule has 1 unspecified atom stereocenters. The summed E-state index contributed by atoms with van der Waals surface area (Å²) < 4.78 is 8.78. The first-order chi connectivity index (χ1) is 14.1. The van der Waals surface area contributed by atoms with Crippen molar-refractivity contribution < 1.29 is 4.74 Å². The van der Waals surface area contributed by atoms with Crippen LogP contribution in [0, 0.1) is 25.2 Å². The van der Waals surface area contributed by atoms with Gasteiger partial charge < -0.3 is 14.2 Å². The van der Waals surface area contributed by atoms with Crippen molar-refractivity contribution >= 4 is 16.6 Å². The van der Waals surface area contributed by atoms with E-state index in [2.05, 4.69) is 94.5 Å². The Kier molecular flexibility index (Phi) is 4.91. The summed E-state index contributed by atoms with van der Waals surface area (Å²) in [5, 5.41) is 11.6. The Labute approximate surface area is 179 Å². The lowest BCUT2D eigenvalue weighted by Crippen LogP contribution is -2.30. The highest BCUT2D eigenvalue weighted by Crippen LogP contribution is 2.47. The number of rotatable bonds is 3. The number of aromatic nitrogens is 1. The van der Waals surface area contributed by atoms with Gasteiger partial charge in [-0.2, -0.15) is 5.26 Å². The lowest BCUT2D eigenvalue weighted by Gasteiger charge is -2.33. The second-order valence-electron chi connectivity index (χ2n) is 9.48. The molecule has 0 fully saturated rings. The van der Waals surface area contributed by atoms with E-state index in [0.29, 0.717) is 0 Å². The molecule has 0 saturated carbocycles. The number of nitrogens with zero attached hydrogens (tertiary/aromatic N) is 3. The van der Waals surface area contributed by atoms with Gasteiger partial charge >= 0.3 is 0 Å². The monoisotopic (exact) mass is 401 g/mol. The topological polar surface area (TPSA) is 41.2 Å². The number of nitriles is 1. The van der Waals surface area contributed by atoms with Crippen LogP contribution in [0.1, 0.15) is 56.2 Å². The van der Waals surface area contributed by atoms with E-state index in [1.807, 2.05) is 0 Å². The van der Waals surface area contributed by atoms with E-state index >= 15 is 0 Å². The summed E-state index contributed by atoms with van der Waals surface area (Å²) in [5.74, 6) is 0. The van der Waals surface area contributed by atoms with E-state index in [1.54, 1.807) is 0 Å². The number of benzene rings is 2. The van der Waals surface area contributed by atoms with E-state index in [0.717, 1.165) is 41.0 Å². The largest absolute Gasteiger partial charge is 0.370 e. The summed E-state index contributed by atoms with van der Waals surface area (Å²) in [5.41, 5.74) is 8.33. The van der Waals surface area contributed by atoms with Crippen LogP contribution in [-0.2, 0) is 11.3 Å². The van der Waals surface area contributed by atoms with E-state index in [-0.39, 0.29) is 11.7 Å². The molecule has 0 N–H and O–H groups in total. The minimum absolute atomic E-state index is 0.212. The molecule has 4 heteroatoms. The quantitative estimate of drug-likeness (QED) is 0.531. The maximum Gasteiger partial charge on any atom is 0.102 e. The summed E-state index contributed by atoms with van der Waals surface area (Å²) in [7, 11) is 2.09. The van der Waals surface area contributed by atoms with Crippen LogP contribution in [0.15, 0.2) is 30.3 Å². The number of ether oxygens (including phenoxy) is 1. The minimum Gasteiger partial charge on any atom is -0.370 e. The first kappa shape index (κ1) is 20.5. The molecule has 1 atom stereocenters. The van der Waals surface area contributed by atoms with Gasteiger partial charge in [0.1, 0.15) is 6.07 Å². The second-order valence-corrected chi connectivity index (χ2v) is 9.48. The third-order valence-corrected chi connectivity index (χ3v) is 6.00. The van der Waals surface area contributed by atoms with Crippen molar-refractivity contribution in [1.29, 1.82) is 5.26 Å². The van der Waals surface area contributed by atoms with Crippen LogP contribution >= 0.6 is 0 Å². The van der Waals surface area contributed by atoms with Gasteiger partial charge in [0.05, 0.1) is 28.5 Å². The Morgan fingerprint density at radius 3 is 2.37 bits per heavy atom. The molecule has 0 aliphatic carbocycles. The van der Waals surface area contributed by atoms with Crippen LogP contribution in [-0.4, -0.2) is 23.8 Å². The zero-order valence-corrected chi connectivity index (χ0v) is 19.1. The normalized spacial score (nSPS) is 14.8. The molecule has 1 aliphatic heterocycles. The highest BCUT2D eigenvalue weighted by atomic mass is 16.5. The molecule has 1 aliphatic rings. The molecule has 2 heterocycles. The van der Waals surface area contributed by atoms with Crippen molar-refractivity contribution in [1.82, 2.24) is 4.57 Å². The molecular formula is C26H31N3O. The summed E-state index contributed by atoms with van der Waals surface area (Å²) in [4.78, 5) is 2.23. The van der Waals surface area contributed by atoms with Gasteiger partial charge in [0.25, 0.3) is 0 Å². The third kappa shape index (κ3) is 3.28. The predicted molar refractivity (Wildman–Crippen MR) is 124 cm³/mol. The molecule has 156 valence electrons. The lowest BCUT2D eigenvalue weighted by atomic mass is 9.87. The van der Waals surface area contributed by atoms with Crippen molar-refractivity contribution in [2.24, 2.45) is 0 Å². The predicted octanol–water partition coefficient (Wildman–Crippen LogP) is 6.12. The molecule has 0 radical (unpaired) electrons. The molecule has 30 heavy (non-hydrogen) atoms. The molecule has 0 spiro atoms. The molecule has 4 nitrogen and oxygen atoms in total. The first-order valence-corrected chi connectivity index (χ1v) is 10.7. The molecular weight excluding hydrogens is 370 g/mol. The Bertz CT molecular complexity index is 1160. The van der Waals surface area contributed by atoms with Gasteiger partial charge in [0.2, 0.25) is 0 Å². The average molecular weight is 402 g/mol. The zero-order valence-electron chi connectivity index (χ0n) is 19.1. The minimum atomic E-state index is -0.309. The van der Waals surface area contributed by atoms with Gasteiger partial charge in [-0.15, -0.1) is 0 Å². The maximum absolute atomic E-state index is 10.4. The standard InChI is InChI=1S/C26H31N3O/c1-16-8-10-19(11-9-16)23-20-14-17(2)29-13-12-28(7)24(25(20)29)21(15-27)22(23)18(3)30-26(4,5)6/h8-11,14,18H,12-13H2,1-7H3. The third-order valence-electron chi connectivity index (χ3n) is 6.00. The fraction of sp³-hybridized carbons (Fsp3) is 0.423. The molecule has 3 aromatic rings. The van der Waals surface area contributed by atoms with Crippen molar-refractivity contribution in [2.45, 2.75) is 59.8 Å². The summed E-state index contributed by atoms with van der Waals surface area (Å²) >= 11 is 0. The van der Waals surface area contributed by atoms with Crippen molar-refractivity contribution in [3.8, 4) is 17.2 Å². The van der Waals surface area contributed by atoms with E-state index < -0.39 is 0 Å². The van der Waals surface area contributed by atoms with E-state index in [4.69, 9.17) is 4.74 Å². The Balaban J connectivity index is 2.15. The van der Waals surface area contributed by atoms with Crippen LogP contribution in [0.2, 0.25) is 0 Å². The maximum atomic E-state index is 10.4. The summed E-state index contributed by atoms with van der Waals surface area (Å²) in [6, 6.07) is 13.5. The van der Waals surface area contributed by atoms with Crippen molar-refractivity contribution in [3.05, 3.63) is 52.7 Å². The number of anilines is 1. The molecule has 0 amide bonds. The number of hydrogen-bond acceptors (Lipinski definition) is 3. The number of aryl methyl sites for hydroxylation is 2. The number of likely N-dealkylation sites (N-methyl/N-ethyl adjacent to an activating group) is 1. The highest BCUT2D eigenvalue weighted by Gasteiger charge is 2.31. The smallest absolute Gasteiger partial charge is 0.102 e. The zero-order chi connectivity index (χ0) is 21.8. The fourth-order valence-corrected chi connectivity index (χ4v) is 4.80. The SMILES string of the molecule is Cc1ccc(-c2c(C(C)OC(C)(C)C)c(C#N)c3c4c2cc(C)n4CCN3C)cc1. The lowest BCUT2D eigenvalue weighted by molar-refractivity contribution is -0.0527. The Morgan fingerprint density at radius 1 is 1.10 bits per heavy atom. The van der Waals surface area contributed by atoms with Gasteiger partial charge in [0, 0.05) is 36.8 Å². The van der Waals surface area contributed by atoms with E-state index in [1.165, 1.54) is 22.2 Å². The van der Waals surface area contributed by atoms with Crippen LogP contribution in [0.4, 0.5) is 5.69 Å². The summed E-state index contributed by atoms with van der Waals surface area (Å²) in [6.07, 6.45) is -0.212. The molecule has 1 aromatic heterocycles. The van der Waals surface area contributed by atoms with Crippen LogP contribution in [0.3, 0.4) is 0 Å². The first-order valence-electron chi connectivity index (χ1n) is 10.7. The average Bonchev–Trinajstić information content (AvgIpc) is 2.99. The summed E-state index contributed by atoms with van der Waals surface area (Å²) in [6.45, 7) is 14.4. The van der Waals surface area contributed by atoms with Gasteiger partial charge in [-0.1, -0.05) is 29.8 Å². The van der Waals surface area contributed by atoms with Gasteiger partial charge in [-0.3, -0.25) is 0 Å². The van der Waals surface area contributed by atoms with Gasteiger partial charge in [-0.25, -0.2) is 0 Å². The van der Waals surface area contributed by atoms with Gasteiger partial charge in [0.15, 0.2) is 0 Å². The molecule has 0 saturated heterocycles. The van der Waals surface area contributed by atoms with Crippen LogP contribution in [0.25, 0.3) is 22.0 Å². The fourth-order valence-electron chi connectivity index (χ4n) is 4.80.